The average Bonchev–Trinajstić information content (AvgIpc) is 2.97. The van der Waals surface area contributed by atoms with Crippen LogP contribution in [0.4, 0.5) is 0 Å². The van der Waals surface area contributed by atoms with Gasteiger partial charge in [-0.1, -0.05) is 0 Å². The van der Waals surface area contributed by atoms with E-state index in [1.807, 2.05) is 20.8 Å². The first-order valence-corrected chi connectivity index (χ1v) is 9.24. The molecule has 7 heteroatoms. The van der Waals surface area contributed by atoms with E-state index in [2.05, 4.69) is 0 Å². The molecule has 0 radical (unpaired) electrons. The van der Waals surface area contributed by atoms with E-state index in [0.29, 0.717) is 54.6 Å². The predicted molar refractivity (Wildman–Crippen MR) is 104 cm³/mol. The molecule has 7 nitrogen and oxygen atoms in total. The topological polar surface area (TPSA) is 72.2 Å². The summed E-state index contributed by atoms with van der Waals surface area (Å²) in [5, 5.41) is 0. The summed E-state index contributed by atoms with van der Waals surface area (Å²) in [7, 11) is 3.10. The van der Waals surface area contributed by atoms with Crippen LogP contribution in [0.2, 0.25) is 0 Å². The van der Waals surface area contributed by atoms with Gasteiger partial charge in [0.25, 0.3) is 11.8 Å². The van der Waals surface area contributed by atoms with Gasteiger partial charge in [0, 0.05) is 37.3 Å². The lowest BCUT2D eigenvalue weighted by Gasteiger charge is -2.35. The predicted octanol–water partition coefficient (Wildman–Crippen LogP) is 2.82. The van der Waals surface area contributed by atoms with E-state index in [-0.39, 0.29) is 11.8 Å². The Kier molecular flexibility index (Phi) is 5.63. The second-order valence-electron chi connectivity index (χ2n) is 6.87. The van der Waals surface area contributed by atoms with Crippen molar-refractivity contribution in [3.05, 3.63) is 46.4 Å². The highest BCUT2D eigenvalue weighted by Gasteiger charge is 2.29. The molecule has 150 valence electrons. The van der Waals surface area contributed by atoms with Crippen molar-refractivity contribution >= 4 is 11.8 Å². The number of ether oxygens (including phenoxy) is 2. The summed E-state index contributed by atoms with van der Waals surface area (Å²) >= 11 is 0. The average molecular weight is 386 g/mol. The molecular weight excluding hydrogens is 360 g/mol. The molecule has 28 heavy (non-hydrogen) atoms. The van der Waals surface area contributed by atoms with E-state index < -0.39 is 0 Å². The van der Waals surface area contributed by atoms with E-state index in [4.69, 9.17) is 13.9 Å². The highest BCUT2D eigenvalue weighted by molar-refractivity contribution is 5.98. The fourth-order valence-electron chi connectivity index (χ4n) is 3.53. The molecule has 2 heterocycles. The van der Waals surface area contributed by atoms with Crippen molar-refractivity contribution in [2.75, 3.05) is 40.4 Å². The number of furan rings is 1. The van der Waals surface area contributed by atoms with Crippen LogP contribution in [0.5, 0.6) is 11.5 Å². The zero-order valence-corrected chi connectivity index (χ0v) is 17.0. The molecule has 0 atom stereocenters. The first-order chi connectivity index (χ1) is 13.4. The number of hydrogen-bond donors (Lipinski definition) is 0. The third kappa shape index (κ3) is 3.56. The van der Waals surface area contributed by atoms with Gasteiger partial charge in [-0.15, -0.1) is 0 Å². The molecule has 1 fully saturated rings. The molecule has 0 unspecified atom stereocenters. The number of piperazine rings is 1. The van der Waals surface area contributed by atoms with Gasteiger partial charge in [0.2, 0.25) is 0 Å². The molecule has 0 saturated carbocycles. The summed E-state index contributed by atoms with van der Waals surface area (Å²) in [6.07, 6.45) is 0. The summed E-state index contributed by atoms with van der Waals surface area (Å²) in [6, 6.07) is 5.13. The lowest BCUT2D eigenvalue weighted by Crippen LogP contribution is -2.50. The number of benzene rings is 1. The van der Waals surface area contributed by atoms with Crippen LogP contribution < -0.4 is 9.47 Å². The zero-order valence-electron chi connectivity index (χ0n) is 17.0. The van der Waals surface area contributed by atoms with Crippen LogP contribution in [0.25, 0.3) is 0 Å². The molecule has 1 aliphatic heterocycles. The Morgan fingerprint density at radius 1 is 0.857 bits per heavy atom. The number of methoxy groups -OCH3 is 2. The molecule has 0 bridgehead atoms. The standard InChI is InChI=1S/C21H26N2O5/c1-13-14(2)28-15(3)19(13)21(25)23-10-8-22(9-11-23)20(24)16-6-7-17(26-4)18(12-16)27-5/h6-7,12H,8-11H2,1-5H3. The van der Waals surface area contributed by atoms with E-state index in [1.54, 1.807) is 35.1 Å². The monoisotopic (exact) mass is 386 g/mol. The minimum atomic E-state index is -0.0837. The first-order valence-electron chi connectivity index (χ1n) is 9.24. The quantitative estimate of drug-likeness (QED) is 0.808. The Bertz CT molecular complexity index is 894. The molecule has 2 amide bonds. The third-order valence-electron chi connectivity index (χ3n) is 5.26. The van der Waals surface area contributed by atoms with Gasteiger partial charge in [0.1, 0.15) is 11.5 Å². The summed E-state index contributed by atoms with van der Waals surface area (Å²) in [5.41, 5.74) is 2.05. The van der Waals surface area contributed by atoms with Gasteiger partial charge in [-0.3, -0.25) is 9.59 Å². The second kappa shape index (κ2) is 7.96. The molecule has 1 aliphatic rings. The number of amides is 2. The van der Waals surface area contributed by atoms with Crippen LogP contribution in [-0.2, 0) is 0 Å². The van der Waals surface area contributed by atoms with Crippen LogP contribution in [0.1, 0.15) is 37.8 Å². The van der Waals surface area contributed by atoms with Gasteiger partial charge >= 0.3 is 0 Å². The number of aryl methyl sites for hydroxylation is 2. The minimum Gasteiger partial charge on any atom is -0.493 e. The lowest BCUT2D eigenvalue weighted by atomic mass is 10.1. The minimum absolute atomic E-state index is 0.0370. The van der Waals surface area contributed by atoms with Crippen LogP contribution >= 0.6 is 0 Å². The Balaban J connectivity index is 1.68. The van der Waals surface area contributed by atoms with Gasteiger partial charge in [-0.2, -0.15) is 0 Å². The van der Waals surface area contributed by atoms with Crippen molar-refractivity contribution in [3.63, 3.8) is 0 Å². The van der Waals surface area contributed by atoms with E-state index >= 15 is 0 Å². The summed E-state index contributed by atoms with van der Waals surface area (Å²) in [5.74, 6) is 2.38. The molecule has 0 spiro atoms. The molecule has 1 saturated heterocycles. The Labute approximate surface area is 164 Å². The fourth-order valence-corrected chi connectivity index (χ4v) is 3.53. The SMILES string of the molecule is COc1ccc(C(=O)N2CCN(C(=O)c3c(C)oc(C)c3C)CC2)cc1OC. The van der Waals surface area contributed by atoms with Crippen molar-refractivity contribution in [3.8, 4) is 11.5 Å². The normalized spacial score (nSPS) is 14.2. The fraction of sp³-hybridized carbons (Fsp3) is 0.429. The number of carbonyl (C=O) groups excluding carboxylic acids is 2. The zero-order chi connectivity index (χ0) is 20.4. The molecular formula is C21H26N2O5. The summed E-state index contributed by atoms with van der Waals surface area (Å²) in [6.45, 7) is 7.50. The van der Waals surface area contributed by atoms with Crippen LogP contribution in [-0.4, -0.2) is 62.0 Å². The van der Waals surface area contributed by atoms with Crippen molar-refractivity contribution in [2.24, 2.45) is 0 Å². The number of carbonyl (C=O) groups is 2. The first kappa shape index (κ1) is 19.8. The van der Waals surface area contributed by atoms with Crippen LogP contribution in [0.15, 0.2) is 22.6 Å². The van der Waals surface area contributed by atoms with Gasteiger partial charge in [-0.05, 0) is 39.0 Å². The number of nitrogens with zero attached hydrogens (tertiary/aromatic N) is 2. The van der Waals surface area contributed by atoms with Gasteiger partial charge in [0.05, 0.1) is 19.8 Å². The van der Waals surface area contributed by atoms with E-state index in [0.717, 1.165) is 11.3 Å². The molecule has 1 aromatic carbocycles. The highest BCUT2D eigenvalue weighted by Crippen LogP contribution is 2.28. The molecule has 2 aromatic rings. The lowest BCUT2D eigenvalue weighted by molar-refractivity contribution is 0.0534. The second-order valence-corrected chi connectivity index (χ2v) is 6.87. The van der Waals surface area contributed by atoms with Gasteiger partial charge < -0.3 is 23.7 Å². The highest BCUT2D eigenvalue weighted by atomic mass is 16.5. The maximum absolute atomic E-state index is 12.9. The van der Waals surface area contributed by atoms with Crippen LogP contribution in [0, 0.1) is 20.8 Å². The van der Waals surface area contributed by atoms with Crippen molar-refractivity contribution in [1.29, 1.82) is 0 Å². The van der Waals surface area contributed by atoms with Crippen LogP contribution in [0.3, 0.4) is 0 Å². The smallest absolute Gasteiger partial charge is 0.257 e. The Morgan fingerprint density at radius 2 is 1.43 bits per heavy atom. The van der Waals surface area contributed by atoms with E-state index in [1.165, 1.54) is 7.11 Å². The van der Waals surface area contributed by atoms with Crippen molar-refractivity contribution < 1.29 is 23.5 Å². The Morgan fingerprint density at radius 3 is 1.93 bits per heavy atom. The van der Waals surface area contributed by atoms with E-state index in [9.17, 15) is 9.59 Å². The summed E-state index contributed by atoms with van der Waals surface area (Å²) in [4.78, 5) is 29.3. The maximum Gasteiger partial charge on any atom is 0.257 e. The summed E-state index contributed by atoms with van der Waals surface area (Å²) < 4.78 is 16.1. The molecule has 1 aromatic heterocycles. The van der Waals surface area contributed by atoms with Gasteiger partial charge in [-0.25, -0.2) is 0 Å². The van der Waals surface area contributed by atoms with Gasteiger partial charge in [0.15, 0.2) is 11.5 Å². The number of hydrogen-bond acceptors (Lipinski definition) is 5. The molecule has 0 aliphatic carbocycles. The molecule has 0 N–H and O–H groups in total. The third-order valence-corrected chi connectivity index (χ3v) is 5.26. The van der Waals surface area contributed by atoms with Crippen molar-refractivity contribution in [1.82, 2.24) is 9.80 Å². The molecule has 3 rings (SSSR count). The largest absolute Gasteiger partial charge is 0.493 e. The number of rotatable bonds is 4. The Hall–Kier alpha value is -2.96. The maximum atomic E-state index is 12.9. The van der Waals surface area contributed by atoms with Crippen molar-refractivity contribution in [2.45, 2.75) is 20.8 Å².